The molecule has 0 radical (unpaired) electrons. The summed E-state index contributed by atoms with van der Waals surface area (Å²) >= 11 is 0. The molecule has 0 saturated heterocycles. The Hall–Kier alpha value is -2.21. The number of aromatic nitrogens is 3. The highest BCUT2D eigenvalue weighted by Gasteiger charge is 2.41. The van der Waals surface area contributed by atoms with Crippen molar-refractivity contribution >= 4 is 5.97 Å². The summed E-state index contributed by atoms with van der Waals surface area (Å²) in [6, 6.07) is 7.38. The van der Waals surface area contributed by atoms with E-state index < -0.39 is 11.5 Å². The van der Waals surface area contributed by atoms with Crippen LogP contribution in [-0.2, 0) is 15.1 Å². The topological polar surface area (TPSA) is 83.0 Å². The Kier molecular flexibility index (Phi) is 5.08. The first kappa shape index (κ1) is 18.1. The van der Waals surface area contributed by atoms with Gasteiger partial charge in [0, 0.05) is 0 Å². The maximum Gasteiger partial charge on any atom is 0.331 e. The number of benzene rings is 1. The highest BCUT2D eigenvalue weighted by molar-refractivity contribution is 5.82. The summed E-state index contributed by atoms with van der Waals surface area (Å²) in [5.74, 6) is -0.405. The predicted molar refractivity (Wildman–Crippen MR) is 92.5 cm³/mol. The van der Waals surface area contributed by atoms with Gasteiger partial charge in [-0.05, 0) is 43.4 Å². The maximum absolute atomic E-state index is 12.7. The number of rotatable bonds is 5. The second-order valence-electron chi connectivity index (χ2n) is 7.53. The van der Waals surface area contributed by atoms with Gasteiger partial charge in [-0.15, -0.1) is 0 Å². The molecule has 2 rings (SSSR count). The molecule has 0 aliphatic carbocycles. The Morgan fingerprint density at radius 1 is 1.17 bits per heavy atom. The molecule has 6 heteroatoms. The van der Waals surface area contributed by atoms with Crippen molar-refractivity contribution in [1.82, 2.24) is 15.0 Å². The SMILES string of the molecule is CC(C)OC(=O)[C@@](N)(CC(C)(C)C)c1ccc(-n2nccn2)cc1. The maximum atomic E-state index is 12.7. The van der Waals surface area contributed by atoms with Gasteiger partial charge in [0.05, 0.1) is 24.2 Å². The van der Waals surface area contributed by atoms with Gasteiger partial charge in [0.2, 0.25) is 0 Å². The molecule has 0 spiro atoms. The molecule has 130 valence electrons. The first-order valence-electron chi connectivity index (χ1n) is 8.09. The van der Waals surface area contributed by atoms with Gasteiger partial charge in [-0.3, -0.25) is 0 Å². The quantitative estimate of drug-likeness (QED) is 0.852. The minimum Gasteiger partial charge on any atom is -0.461 e. The Balaban J connectivity index is 2.37. The van der Waals surface area contributed by atoms with Gasteiger partial charge in [-0.25, -0.2) is 4.79 Å². The van der Waals surface area contributed by atoms with Gasteiger partial charge in [0.25, 0.3) is 0 Å². The molecule has 0 bridgehead atoms. The normalized spacial score (nSPS) is 14.5. The van der Waals surface area contributed by atoms with Crippen LogP contribution >= 0.6 is 0 Å². The Morgan fingerprint density at radius 2 is 1.71 bits per heavy atom. The zero-order chi connectivity index (χ0) is 18.0. The lowest BCUT2D eigenvalue weighted by Gasteiger charge is -2.34. The molecule has 1 aromatic heterocycles. The van der Waals surface area contributed by atoms with Crippen molar-refractivity contribution in [3.63, 3.8) is 0 Å². The molecular formula is C18H26N4O2. The molecule has 0 fully saturated rings. The number of carbonyl (C=O) groups excluding carboxylic acids is 1. The fraction of sp³-hybridized carbons (Fsp3) is 0.500. The van der Waals surface area contributed by atoms with Crippen molar-refractivity contribution in [2.24, 2.45) is 11.1 Å². The van der Waals surface area contributed by atoms with Crippen LogP contribution in [0.2, 0.25) is 0 Å². The molecule has 6 nitrogen and oxygen atoms in total. The monoisotopic (exact) mass is 330 g/mol. The lowest BCUT2D eigenvalue weighted by molar-refractivity contribution is -0.156. The van der Waals surface area contributed by atoms with Crippen LogP contribution in [0.1, 0.15) is 46.6 Å². The first-order chi connectivity index (χ1) is 11.1. The van der Waals surface area contributed by atoms with Crippen LogP contribution in [0.4, 0.5) is 0 Å². The summed E-state index contributed by atoms with van der Waals surface area (Å²) in [5, 5.41) is 8.19. The number of carbonyl (C=O) groups is 1. The molecule has 2 N–H and O–H groups in total. The van der Waals surface area contributed by atoms with Crippen molar-refractivity contribution in [2.45, 2.75) is 52.7 Å². The lowest BCUT2D eigenvalue weighted by atomic mass is 9.76. The van der Waals surface area contributed by atoms with Crippen molar-refractivity contribution in [2.75, 3.05) is 0 Å². The van der Waals surface area contributed by atoms with Gasteiger partial charge in [0.1, 0.15) is 5.54 Å². The van der Waals surface area contributed by atoms with Gasteiger partial charge in [-0.2, -0.15) is 15.0 Å². The Bertz CT molecular complexity index is 672. The van der Waals surface area contributed by atoms with E-state index in [4.69, 9.17) is 10.5 Å². The van der Waals surface area contributed by atoms with E-state index >= 15 is 0 Å². The molecule has 1 atom stereocenters. The molecule has 0 aliphatic heterocycles. The van der Waals surface area contributed by atoms with Crippen LogP contribution in [0.5, 0.6) is 0 Å². The Labute approximate surface area is 143 Å². The third-order valence-electron chi connectivity index (χ3n) is 3.55. The number of nitrogens with zero attached hydrogens (tertiary/aromatic N) is 3. The van der Waals surface area contributed by atoms with E-state index in [0.717, 1.165) is 11.3 Å². The average Bonchev–Trinajstić information content (AvgIpc) is 2.99. The fourth-order valence-electron chi connectivity index (χ4n) is 2.69. The largest absolute Gasteiger partial charge is 0.461 e. The van der Waals surface area contributed by atoms with Crippen molar-refractivity contribution in [1.29, 1.82) is 0 Å². The molecule has 1 heterocycles. The van der Waals surface area contributed by atoms with Crippen molar-refractivity contribution in [3.05, 3.63) is 42.2 Å². The number of nitrogens with two attached hydrogens (primary N) is 1. The van der Waals surface area contributed by atoms with E-state index in [1.54, 1.807) is 12.4 Å². The molecule has 24 heavy (non-hydrogen) atoms. The summed E-state index contributed by atoms with van der Waals surface area (Å²) in [6.07, 6.45) is 3.49. The second-order valence-corrected chi connectivity index (χ2v) is 7.53. The third-order valence-corrected chi connectivity index (χ3v) is 3.55. The number of hydrogen-bond donors (Lipinski definition) is 1. The summed E-state index contributed by atoms with van der Waals surface area (Å²) in [4.78, 5) is 14.2. The Morgan fingerprint density at radius 3 is 2.17 bits per heavy atom. The summed E-state index contributed by atoms with van der Waals surface area (Å²) in [7, 11) is 0. The van der Waals surface area contributed by atoms with E-state index in [1.165, 1.54) is 4.80 Å². The zero-order valence-corrected chi connectivity index (χ0v) is 15.0. The minimum absolute atomic E-state index is 0.132. The fourth-order valence-corrected chi connectivity index (χ4v) is 2.69. The summed E-state index contributed by atoms with van der Waals surface area (Å²) in [6.45, 7) is 9.81. The average molecular weight is 330 g/mol. The molecule has 2 aromatic rings. The van der Waals surface area contributed by atoms with Crippen molar-refractivity contribution < 1.29 is 9.53 Å². The molecule has 1 aromatic carbocycles. The zero-order valence-electron chi connectivity index (χ0n) is 15.0. The number of hydrogen-bond acceptors (Lipinski definition) is 5. The van der Waals surface area contributed by atoms with Gasteiger partial charge >= 0.3 is 5.97 Å². The van der Waals surface area contributed by atoms with Crippen LogP contribution in [0.15, 0.2) is 36.7 Å². The minimum atomic E-state index is -1.20. The van der Waals surface area contributed by atoms with E-state index in [1.807, 2.05) is 38.1 Å². The van der Waals surface area contributed by atoms with E-state index in [-0.39, 0.29) is 11.5 Å². The smallest absolute Gasteiger partial charge is 0.331 e. The van der Waals surface area contributed by atoms with Gasteiger partial charge < -0.3 is 10.5 Å². The first-order valence-corrected chi connectivity index (χ1v) is 8.09. The third kappa shape index (κ3) is 4.20. The second kappa shape index (κ2) is 6.73. The van der Waals surface area contributed by atoms with Crippen molar-refractivity contribution in [3.8, 4) is 5.69 Å². The summed E-state index contributed by atoms with van der Waals surface area (Å²) < 4.78 is 5.42. The highest BCUT2D eigenvalue weighted by Crippen LogP contribution is 2.34. The van der Waals surface area contributed by atoms with E-state index in [2.05, 4.69) is 31.0 Å². The van der Waals surface area contributed by atoms with E-state index in [9.17, 15) is 4.79 Å². The van der Waals surface area contributed by atoms with Crippen LogP contribution < -0.4 is 5.73 Å². The number of ether oxygens (including phenoxy) is 1. The van der Waals surface area contributed by atoms with E-state index in [0.29, 0.717) is 6.42 Å². The van der Waals surface area contributed by atoms with Crippen LogP contribution in [0, 0.1) is 5.41 Å². The lowest BCUT2D eigenvalue weighted by Crippen LogP contribution is -2.49. The van der Waals surface area contributed by atoms with Crippen LogP contribution in [0.25, 0.3) is 5.69 Å². The van der Waals surface area contributed by atoms with Crippen LogP contribution in [-0.4, -0.2) is 27.1 Å². The molecule has 0 saturated carbocycles. The standard InChI is InChI=1S/C18H26N4O2/c1-13(2)24-16(23)18(19,12-17(3,4)5)14-6-8-15(9-7-14)22-20-10-11-21-22/h6-11,13H,12,19H2,1-5H3/t18-/m1/s1. The van der Waals surface area contributed by atoms with Gasteiger partial charge in [0.15, 0.2) is 0 Å². The van der Waals surface area contributed by atoms with Gasteiger partial charge in [-0.1, -0.05) is 32.9 Å². The molecule has 0 unspecified atom stereocenters. The summed E-state index contributed by atoms with van der Waals surface area (Å²) in [5.41, 5.74) is 6.75. The van der Waals surface area contributed by atoms with Crippen LogP contribution in [0.3, 0.4) is 0 Å². The predicted octanol–water partition coefficient (Wildman–Crippen LogP) is 2.81. The molecule has 0 aliphatic rings. The molecule has 0 amide bonds. The number of esters is 1. The highest BCUT2D eigenvalue weighted by atomic mass is 16.5. The molecular weight excluding hydrogens is 304 g/mol.